The van der Waals surface area contributed by atoms with E-state index in [0.717, 1.165) is 30.4 Å². The number of halogens is 1. The van der Waals surface area contributed by atoms with Crippen molar-refractivity contribution in [2.75, 3.05) is 7.05 Å². The van der Waals surface area contributed by atoms with Gasteiger partial charge in [-0.05, 0) is 43.1 Å². The Morgan fingerprint density at radius 2 is 1.85 bits per heavy atom. The van der Waals surface area contributed by atoms with Crippen molar-refractivity contribution in [1.82, 2.24) is 10.2 Å². The van der Waals surface area contributed by atoms with Gasteiger partial charge in [0.15, 0.2) is 10.9 Å². The molecule has 0 aliphatic heterocycles. The van der Waals surface area contributed by atoms with Crippen molar-refractivity contribution >= 4 is 34.7 Å². The zero-order valence-corrected chi connectivity index (χ0v) is 16.4. The molecule has 5 heteroatoms. The predicted octanol–water partition coefficient (Wildman–Crippen LogP) is 4.68. The van der Waals surface area contributed by atoms with E-state index in [0.29, 0.717) is 23.1 Å². The summed E-state index contributed by atoms with van der Waals surface area (Å²) in [6.45, 7) is 0.622. The fraction of sp³-hybridized carbons (Fsp3) is 0.333. The molecule has 1 fully saturated rings. The molecule has 1 saturated carbocycles. The maximum Gasteiger partial charge on any atom is 0.170 e. The average Bonchev–Trinajstić information content (AvgIpc) is 2.67. The molecule has 0 heterocycles. The summed E-state index contributed by atoms with van der Waals surface area (Å²) in [6.07, 6.45) is 3.17. The highest BCUT2D eigenvalue weighted by Crippen LogP contribution is 2.42. The fourth-order valence-corrected chi connectivity index (χ4v) is 4.22. The molecule has 0 amide bonds. The first-order valence-electron chi connectivity index (χ1n) is 8.89. The first kappa shape index (κ1) is 18.9. The summed E-state index contributed by atoms with van der Waals surface area (Å²) in [5, 5.41) is 4.46. The van der Waals surface area contributed by atoms with Crippen LogP contribution in [-0.4, -0.2) is 22.8 Å². The average molecular weight is 387 g/mol. The third kappa shape index (κ3) is 3.62. The normalized spacial score (nSPS) is 19.8. The van der Waals surface area contributed by atoms with Gasteiger partial charge in [-0.15, -0.1) is 0 Å². The molecule has 26 heavy (non-hydrogen) atoms. The second kappa shape index (κ2) is 8.19. The minimum atomic E-state index is -0.794. The van der Waals surface area contributed by atoms with Gasteiger partial charge in [0.25, 0.3) is 0 Å². The van der Waals surface area contributed by atoms with E-state index in [2.05, 4.69) is 5.32 Å². The minimum Gasteiger partial charge on any atom is -0.358 e. The van der Waals surface area contributed by atoms with E-state index in [4.69, 9.17) is 23.8 Å². The van der Waals surface area contributed by atoms with Crippen molar-refractivity contribution in [3.63, 3.8) is 0 Å². The lowest BCUT2D eigenvalue weighted by Crippen LogP contribution is -2.56. The molecule has 2 aromatic carbocycles. The molecule has 0 aromatic heterocycles. The summed E-state index contributed by atoms with van der Waals surface area (Å²) in [7, 11) is 1.90. The molecular weight excluding hydrogens is 364 g/mol. The van der Waals surface area contributed by atoms with E-state index >= 15 is 0 Å². The molecule has 0 unspecified atom stereocenters. The number of rotatable bonds is 4. The van der Waals surface area contributed by atoms with E-state index in [-0.39, 0.29) is 5.78 Å². The van der Waals surface area contributed by atoms with Crippen LogP contribution in [0, 0.1) is 0 Å². The number of nitrogens with zero attached hydrogens (tertiary/aromatic N) is 1. The standard InChI is InChI=1S/C21H23ClN2OS/c1-24(20(26)23-15-16-9-3-2-4-10-16)21(14-8-7-13-19(21)25)17-11-5-6-12-18(17)22/h2-6,9-12H,7-8,13-15H2,1H3,(H,23,26)/t21-/m1/s1. The number of carbonyl (C=O) groups excluding carboxylic acids is 1. The number of carbonyl (C=O) groups is 1. The Morgan fingerprint density at radius 3 is 2.54 bits per heavy atom. The Bertz CT molecular complexity index is 796. The maximum atomic E-state index is 13.1. The number of likely N-dealkylation sites (N-methyl/N-ethyl adjacent to an activating group) is 1. The van der Waals surface area contributed by atoms with Gasteiger partial charge in [0, 0.05) is 30.6 Å². The first-order chi connectivity index (χ1) is 12.6. The van der Waals surface area contributed by atoms with Crippen LogP contribution in [0.1, 0.15) is 36.8 Å². The van der Waals surface area contributed by atoms with Crippen LogP contribution in [0.5, 0.6) is 0 Å². The molecule has 136 valence electrons. The molecular formula is C21H23ClN2OS. The van der Waals surface area contributed by atoms with Crippen LogP contribution in [0.25, 0.3) is 0 Å². The van der Waals surface area contributed by atoms with Gasteiger partial charge in [-0.2, -0.15) is 0 Å². The third-order valence-corrected chi connectivity index (χ3v) is 5.88. The quantitative estimate of drug-likeness (QED) is 0.773. The van der Waals surface area contributed by atoms with Crippen molar-refractivity contribution < 1.29 is 4.79 Å². The van der Waals surface area contributed by atoms with Gasteiger partial charge in [0.1, 0.15) is 5.54 Å². The number of thiocarbonyl (C=S) groups is 1. The number of Topliss-reactive ketones (excluding diaryl/α,β-unsaturated/α-hetero) is 1. The molecule has 1 N–H and O–H groups in total. The van der Waals surface area contributed by atoms with E-state index in [1.807, 2.05) is 66.5 Å². The van der Waals surface area contributed by atoms with Crippen molar-refractivity contribution in [3.05, 3.63) is 70.7 Å². The molecule has 0 spiro atoms. The Kier molecular flexibility index (Phi) is 5.94. The van der Waals surface area contributed by atoms with E-state index in [1.54, 1.807) is 0 Å². The van der Waals surface area contributed by atoms with Crippen molar-refractivity contribution in [1.29, 1.82) is 0 Å². The Morgan fingerprint density at radius 1 is 1.15 bits per heavy atom. The number of hydrogen-bond acceptors (Lipinski definition) is 2. The Labute approximate surface area is 165 Å². The van der Waals surface area contributed by atoms with Crippen molar-refractivity contribution in [2.24, 2.45) is 0 Å². The molecule has 0 radical (unpaired) electrons. The summed E-state index contributed by atoms with van der Waals surface area (Å²) in [6, 6.07) is 17.7. The molecule has 2 aromatic rings. The number of nitrogens with one attached hydrogen (secondary N) is 1. The third-order valence-electron chi connectivity index (χ3n) is 5.14. The summed E-state index contributed by atoms with van der Waals surface area (Å²) >= 11 is 12.1. The number of hydrogen-bond donors (Lipinski definition) is 1. The lowest BCUT2D eigenvalue weighted by atomic mass is 9.74. The van der Waals surface area contributed by atoms with E-state index in [1.165, 1.54) is 0 Å². The van der Waals surface area contributed by atoms with E-state index in [9.17, 15) is 4.79 Å². The van der Waals surface area contributed by atoms with Gasteiger partial charge in [0.2, 0.25) is 0 Å². The lowest BCUT2D eigenvalue weighted by molar-refractivity contribution is -0.131. The van der Waals surface area contributed by atoms with Gasteiger partial charge in [-0.3, -0.25) is 4.79 Å². The smallest absolute Gasteiger partial charge is 0.170 e. The monoisotopic (exact) mass is 386 g/mol. The highest BCUT2D eigenvalue weighted by molar-refractivity contribution is 7.80. The SMILES string of the molecule is CN(C(=S)NCc1ccccc1)[C@@]1(c2ccccc2Cl)CCCCC1=O. The predicted molar refractivity (Wildman–Crippen MR) is 110 cm³/mol. The molecule has 1 atom stereocenters. The summed E-state index contributed by atoms with van der Waals surface area (Å²) < 4.78 is 0. The number of ketones is 1. The van der Waals surface area contributed by atoms with E-state index < -0.39 is 5.54 Å². The summed E-state index contributed by atoms with van der Waals surface area (Å²) in [5.41, 5.74) is 1.19. The summed E-state index contributed by atoms with van der Waals surface area (Å²) in [5.74, 6) is 0.184. The minimum absolute atomic E-state index is 0.184. The second-order valence-corrected chi connectivity index (χ2v) is 7.47. The maximum absolute atomic E-state index is 13.1. The van der Waals surface area contributed by atoms with Crippen LogP contribution in [0.2, 0.25) is 5.02 Å². The summed E-state index contributed by atoms with van der Waals surface area (Å²) in [4.78, 5) is 15.0. The molecule has 1 aliphatic carbocycles. The highest BCUT2D eigenvalue weighted by atomic mass is 35.5. The zero-order valence-electron chi connectivity index (χ0n) is 14.9. The van der Waals surface area contributed by atoms with Crippen molar-refractivity contribution in [2.45, 2.75) is 37.8 Å². The Balaban J connectivity index is 1.88. The Hall–Kier alpha value is -1.91. The van der Waals surface area contributed by atoms with Gasteiger partial charge in [-0.25, -0.2) is 0 Å². The number of benzene rings is 2. The zero-order chi connectivity index (χ0) is 18.6. The van der Waals surface area contributed by atoms with Crippen molar-refractivity contribution in [3.8, 4) is 0 Å². The molecule has 1 aliphatic rings. The van der Waals surface area contributed by atoms with Gasteiger partial charge in [-0.1, -0.05) is 60.1 Å². The van der Waals surface area contributed by atoms with Crippen LogP contribution in [-0.2, 0) is 16.9 Å². The molecule has 0 saturated heterocycles. The van der Waals surface area contributed by atoms with Gasteiger partial charge < -0.3 is 10.2 Å². The van der Waals surface area contributed by atoms with Crippen LogP contribution in [0.15, 0.2) is 54.6 Å². The van der Waals surface area contributed by atoms with Crippen LogP contribution >= 0.6 is 23.8 Å². The first-order valence-corrected chi connectivity index (χ1v) is 9.68. The molecule has 3 rings (SSSR count). The molecule has 3 nitrogen and oxygen atoms in total. The van der Waals surface area contributed by atoms with Gasteiger partial charge >= 0.3 is 0 Å². The topological polar surface area (TPSA) is 32.3 Å². The second-order valence-electron chi connectivity index (χ2n) is 6.67. The lowest BCUT2D eigenvalue weighted by Gasteiger charge is -2.45. The highest BCUT2D eigenvalue weighted by Gasteiger charge is 2.47. The largest absolute Gasteiger partial charge is 0.358 e. The fourth-order valence-electron chi connectivity index (χ4n) is 3.69. The van der Waals surface area contributed by atoms with Crippen LogP contribution in [0.3, 0.4) is 0 Å². The van der Waals surface area contributed by atoms with Crippen LogP contribution in [0.4, 0.5) is 0 Å². The molecule has 0 bridgehead atoms. The van der Waals surface area contributed by atoms with Gasteiger partial charge in [0.05, 0.1) is 0 Å². The van der Waals surface area contributed by atoms with Crippen LogP contribution < -0.4 is 5.32 Å².